The molecule has 6 heteroatoms. The predicted molar refractivity (Wildman–Crippen MR) is 106 cm³/mol. The number of anilines is 1. The Balaban J connectivity index is 1.69. The van der Waals surface area contributed by atoms with Gasteiger partial charge in [0, 0.05) is 31.7 Å². The molecule has 0 saturated carbocycles. The summed E-state index contributed by atoms with van der Waals surface area (Å²) in [5.74, 6) is 0.0103. The molecule has 1 amide bonds. The minimum atomic E-state index is -0.681. The highest BCUT2D eigenvalue weighted by Crippen LogP contribution is 2.24. The van der Waals surface area contributed by atoms with Crippen LogP contribution in [0.5, 0.6) is 5.75 Å². The van der Waals surface area contributed by atoms with Crippen LogP contribution in [0.15, 0.2) is 57.7 Å². The van der Waals surface area contributed by atoms with Crippen LogP contribution in [-0.2, 0) is 6.42 Å². The standard InChI is InChI=1S/C21H22N2O4/c1-23(2)16-9-7-14(8-10-16)11-12-22-20(24)17-13-15-5-4-6-18(26-3)19(15)27-21(17)25/h4-10,13H,11-12H2,1-3H3,(H,22,24). The first kappa shape index (κ1) is 18.5. The first-order chi connectivity index (χ1) is 13.0. The summed E-state index contributed by atoms with van der Waals surface area (Å²) in [6.07, 6.45) is 0.673. The topological polar surface area (TPSA) is 71.8 Å². The third-order valence-electron chi connectivity index (χ3n) is 4.34. The minimum absolute atomic E-state index is 0.0151. The number of nitrogens with one attached hydrogen (secondary N) is 1. The number of hydrogen-bond donors (Lipinski definition) is 1. The largest absolute Gasteiger partial charge is 0.493 e. The SMILES string of the molecule is COc1cccc2cc(C(=O)NCCc3ccc(N(C)C)cc3)c(=O)oc12. The lowest BCUT2D eigenvalue weighted by Gasteiger charge is -2.12. The molecule has 0 radical (unpaired) electrons. The molecule has 0 bridgehead atoms. The maximum atomic E-state index is 12.4. The van der Waals surface area contributed by atoms with Crippen molar-refractivity contribution in [3.8, 4) is 5.75 Å². The Kier molecular flexibility index (Phi) is 5.45. The van der Waals surface area contributed by atoms with Crippen molar-refractivity contribution in [3.63, 3.8) is 0 Å². The van der Waals surface area contributed by atoms with Crippen molar-refractivity contribution < 1.29 is 13.9 Å². The average Bonchev–Trinajstić information content (AvgIpc) is 2.67. The highest BCUT2D eigenvalue weighted by Gasteiger charge is 2.15. The summed E-state index contributed by atoms with van der Waals surface area (Å²) in [7, 11) is 5.47. The van der Waals surface area contributed by atoms with Gasteiger partial charge in [0.2, 0.25) is 0 Å². The molecule has 140 valence electrons. The van der Waals surface area contributed by atoms with Crippen molar-refractivity contribution in [1.82, 2.24) is 5.32 Å². The van der Waals surface area contributed by atoms with E-state index < -0.39 is 11.5 Å². The summed E-state index contributed by atoms with van der Waals surface area (Å²) < 4.78 is 10.5. The van der Waals surface area contributed by atoms with Gasteiger partial charge in [0.1, 0.15) is 5.56 Å². The van der Waals surface area contributed by atoms with Gasteiger partial charge in [0.25, 0.3) is 5.91 Å². The van der Waals surface area contributed by atoms with Crippen LogP contribution in [0.25, 0.3) is 11.0 Å². The normalized spacial score (nSPS) is 10.6. The minimum Gasteiger partial charge on any atom is -0.493 e. The summed E-state index contributed by atoms with van der Waals surface area (Å²) in [6, 6.07) is 14.9. The number of carbonyl (C=O) groups excluding carboxylic acids is 1. The quantitative estimate of drug-likeness (QED) is 0.679. The lowest BCUT2D eigenvalue weighted by molar-refractivity contribution is 0.0950. The van der Waals surface area contributed by atoms with E-state index in [1.165, 1.54) is 13.2 Å². The van der Waals surface area contributed by atoms with Crippen LogP contribution in [0, 0.1) is 0 Å². The fourth-order valence-corrected chi connectivity index (χ4v) is 2.81. The molecule has 0 saturated heterocycles. The summed E-state index contributed by atoms with van der Waals surface area (Å²) in [5, 5.41) is 3.42. The summed E-state index contributed by atoms with van der Waals surface area (Å²) in [6.45, 7) is 0.426. The highest BCUT2D eigenvalue weighted by atomic mass is 16.5. The molecular formula is C21H22N2O4. The number of para-hydroxylation sites is 1. The van der Waals surface area contributed by atoms with E-state index in [-0.39, 0.29) is 5.56 Å². The van der Waals surface area contributed by atoms with Gasteiger partial charge in [-0.05, 0) is 36.2 Å². The molecule has 6 nitrogen and oxygen atoms in total. The van der Waals surface area contributed by atoms with Gasteiger partial charge in [-0.2, -0.15) is 0 Å². The summed E-state index contributed by atoms with van der Waals surface area (Å²) >= 11 is 0. The summed E-state index contributed by atoms with van der Waals surface area (Å²) in [4.78, 5) is 26.6. The van der Waals surface area contributed by atoms with E-state index >= 15 is 0 Å². The van der Waals surface area contributed by atoms with Crippen LogP contribution in [0.1, 0.15) is 15.9 Å². The van der Waals surface area contributed by atoms with Gasteiger partial charge >= 0.3 is 5.63 Å². The molecule has 2 aromatic carbocycles. The second-order valence-electron chi connectivity index (χ2n) is 6.39. The van der Waals surface area contributed by atoms with Crippen molar-refractivity contribution in [2.24, 2.45) is 0 Å². The molecule has 0 fully saturated rings. The van der Waals surface area contributed by atoms with Crippen LogP contribution in [0.2, 0.25) is 0 Å². The zero-order valence-corrected chi connectivity index (χ0v) is 15.6. The molecule has 0 spiro atoms. The zero-order valence-electron chi connectivity index (χ0n) is 15.6. The summed E-state index contributed by atoms with van der Waals surface area (Å²) in [5.41, 5.74) is 1.87. The van der Waals surface area contributed by atoms with Gasteiger partial charge < -0.3 is 19.4 Å². The van der Waals surface area contributed by atoms with Crippen molar-refractivity contribution in [1.29, 1.82) is 0 Å². The molecule has 0 aliphatic rings. The Hall–Kier alpha value is -3.28. The van der Waals surface area contributed by atoms with Gasteiger partial charge in [-0.15, -0.1) is 0 Å². The Morgan fingerprint density at radius 2 is 1.89 bits per heavy atom. The van der Waals surface area contributed by atoms with E-state index in [1.807, 2.05) is 43.3 Å². The lowest BCUT2D eigenvalue weighted by atomic mass is 10.1. The number of benzene rings is 2. The third-order valence-corrected chi connectivity index (χ3v) is 4.34. The van der Waals surface area contributed by atoms with Crippen LogP contribution < -0.4 is 20.6 Å². The number of fused-ring (bicyclic) bond motifs is 1. The van der Waals surface area contributed by atoms with Crippen LogP contribution in [0.4, 0.5) is 5.69 Å². The van der Waals surface area contributed by atoms with Gasteiger partial charge in [-0.1, -0.05) is 24.3 Å². The number of nitrogens with zero attached hydrogens (tertiary/aromatic N) is 1. The third kappa shape index (κ3) is 4.11. The van der Waals surface area contributed by atoms with E-state index in [0.717, 1.165) is 11.3 Å². The Labute approximate surface area is 157 Å². The fourth-order valence-electron chi connectivity index (χ4n) is 2.81. The number of hydrogen-bond acceptors (Lipinski definition) is 5. The van der Waals surface area contributed by atoms with E-state index in [4.69, 9.17) is 9.15 Å². The van der Waals surface area contributed by atoms with E-state index in [2.05, 4.69) is 5.32 Å². The number of methoxy groups -OCH3 is 1. The second-order valence-corrected chi connectivity index (χ2v) is 6.39. The van der Waals surface area contributed by atoms with Crippen molar-refractivity contribution in [2.75, 3.05) is 32.6 Å². The van der Waals surface area contributed by atoms with E-state index in [0.29, 0.717) is 29.7 Å². The van der Waals surface area contributed by atoms with E-state index in [1.54, 1.807) is 18.2 Å². The number of carbonyl (C=O) groups is 1. The molecule has 3 rings (SSSR count). The molecule has 3 aromatic rings. The second kappa shape index (κ2) is 7.95. The molecule has 1 N–H and O–H groups in total. The lowest BCUT2D eigenvalue weighted by Crippen LogP contribution is -2.29. The van der Waals surface area contributed by atoms with Gasteiger partial charge in [-0.3, -0.25) is 4.79 Å². The molecule has 1 heterocycles. The maximum Gasteiger partial charge on any atom is 0.349 e. The van der Waals surface area contributed by atoms with Crippen molar-refractivity contribution in [3.05, 3.63) is 70.1 Å². The van der Waals surface area contributed by atoms with Crippen LogP contribution in [0.3, 0.4) is 0 Å². The van der Waals surface area contributed by atoms with Gasteiger partial charge in [0.05, 0.1) is 7.11 Å². The Morgan fingerprint density at radius 1 is 1.15 bits per heavy atom. The zero-order chi connectivity index (χ0) is 19.4. The van der Waals surface area contributed by atoms with Crippen LogP contribution in [-0.4, -0.2) is 33.7 Å². The number of amides is 1. The van der Waals surface area contributed by atoms with Crippen molar-refractivity contribution in [2.45, 2.75) is 6.42 Å². The molecule has 0 aliphatic heterocycles. The maximum absolute atomic E-state index is 12.4. The van der Waals surface area contributed by atoms with Gasteiger partial charge in [0.15, 0.2) is 11.3 Å². The smallest absolute Gasteiger partial charge is 0.349 e. The molecule has 0 unspecified atom stereocenters. The monoisotopic (exact) mass is 366 g/mol. The van der Waals surface area contributed by atoms with Crippen LogP contribution >= 0.6 is 0 Å². The molecule has 0 aliphatic carbocycles. The molecule has 27 heavy (non-hydrogen) atoms. The average molecular weight is 366 g/mol. The molecule has 1 aromatic heterocycles. The molecular weight excluding hydrogens is 344 g/mol. The first-order valence-electron chi connectivity index (χ1n) is 8.65. The fraction of sp³-hybridized carbons (Fsp3) is 0.238. The Morgan fingerprint density at radius 3 is 2.56 bits per heavy atom. The Bertz CT molecular complexity index is 1010. The highest BCUT2D eigenvalue weighted by molar-refractivity contribution is 5.97. The molecule has 0 atom stereocenters. The van der Waals surface area contributed by atoms with Gasteiger partial charge in [-0.25, -0.2) is 4.79 Å². The first-order valence-corrected chi connectivity index (χ1v) is 8.65. The number of rotatable bonds is 6. The number of ether oxygens (including phenoxy) is 1. The van der Waals surface area contributed by atoms with E-state index in [9.17, 15) is 9.59 Å². The van der Waals surface area contributed by atoms with Crippen molar-refractivity contribution >= 4 is 22.6 Å². The predicted octanol–water partition coefficient (Wildman–Crippen LogP) is 2.84.